The fourth-order valence-corrected chi connectivity index (χ4v) is 3.15. The summed E-state index contributed by atoms with van der Waals surface area (Å²) in [5.41, 5.74) is 7.56. The van der Waals surface area contributed by atoms with Crippen molar-refractivity contribution in [1.82, 2.24) is 9.55 Å². The predicted octanol–water partition coefficient (Wildman–Crippen LogP) is 3.58. The number of anilines is 1. The van der Waals surface area contributed by atoms with Crippen molar-refractivity contribution in [3.63, 3.8) is 0 Å². The molecule has 0 aliphatic heterocycles. The maximum Gasteiger partial charge on any atom is 0.127 e. The maximum absolute atomic E-state index is 6.35. The molecule has 1 heterocycles. The van der Waals surface area contributed by atoms with Crippen LogP contribution in [-0.4, -0.2) is 9.55 Å². The molecule has 0 atom stereocenters. The van der Waals surface area contributed by atoms with Crippen LogP contribution in [0.5, 0.6) is 0 Å². The van der Waals surface area contributed by atoms with Crippen molar-refractivity contribution >= 4 is 5.82 Å². The molecule has 17 heavy (non-hydrogen) atoms. The highest BCUT2D eigenvalue weighted by atomic mass is 15.2. The minimum absolute atomic E-state index is 0.438. The second-order valence-electron chi connectivity index (χ2n) is 5.96. The lowest BCUT2D eigenvalue weighted by atomic mass is 10.0. The molecule has 2 fully saturated rings. The standard InChI is InChI=1S/C14H23N3/c1-9(2)17-13(15)12(10-5-3-4-6-10)16-14(17)11-7-8-11/h9-11H,3-8,15H2,1-2H3. The molecule has 1 aromatic heterocycles. The van der Waals surface area contributed by atoms with Crippen LogP contribution in [0, 0.1) is 0 Å². The Balaban J connectivity index is 2.00. The molecule has 94 valence electrons. The van der Waals surface area contributed by atoms with Gasteiger partial charge < -0.3 is 10.3 Å². The Labute approximate surface area is 103 Å². The molecule has 2 N–H and O–H groups in total. The summed E-state index contributed by atoms with van der Waals surface area (Å²) in [7, 11) is 0. The molecule has 0 unspecified atom stereocenters. The monoisotopic (exact) mass is 233 g/mol. The Morgan fingerprint density at radius 2 is 1.76 bits per heavy atom. The average molecular weight is 233 g/mol. The number of nitrogens with two attached hydrogens (primary N) is 1. The van der Waals surface area contributed by atoms with E-state index in [9.17, 15) is 0 Å². The van der Waals surface area contributed by atoms with E-state index in [0.717, 1.165) is 5.82 Å². The van der Waals surface area contributed by atoms with Crippen LogP contribution in [0.1, 0.15) is 81.8 Å². The third-order valence-corrected chi connectivity index (χ3v) is 4.20. The minimum atomic E-state index is 0.438. The normalized spacial score (nSPS) is 21.6. The van der Waals surface area contributed by atoms with Gasteiger partial charge in [0.25, 0.3) is 0 Å². The molecule has 3 rings (SSSR count). The van der Waals surface area contributed by atoms with E-state index in [1.54, 1.807) is 0 Å². The smallest absolute Gasteiger partial charge is 0.127 e. The van der Waals surface area contributed by atoms with Gasteiger partial charge in [0.05, 0.1) is 5.69 Å². The van der Waals surface area contributed by atoms with Crippen LogP contribution in [0.15, 0.2) is 0 Å². The number of aromatic nitrogens is 2. The van der Waals surface area contributed by atoms with E-state index in [2.05, 4.69) is 18.4 Å². The highest BCUT2D eigenvalue weighted by Crippen LogP contribution is 2.44. The molecule has 3 heteroatoms. The van der Waals surface area contributed by atoms with Gasteiger partial charge in [-0.25, -0.2) is 4.98 Å². The molecule has 2 aliphatic rings. The van der Waals surface area contributed by atoms with Gasteiger partial charge in [0.1, 0.15) is 11.6 Å². The Kier molecular flexibility index (Phi) is 2.64. The molecule has 0 saturated heterocycles. The van der Waals surface area contributed by atoms with Gasteiger partial charge in [0, 0.05) is 17.9 Å². The molecule has 0 bridgehead atoms. The van der Waals surface area contributed by atoms with Crippen LogP contribution in [0.2, 0.25) is 0 Å². The van der Waals surface area contributed by atoms with Gasteiger partial charge in [0.2, 0.25) is 0 Å². The maximum atomic E-state index is 6.35. The van der Waals surface area contributed by atoms with Gasteiger partial charge in [-0.1, -0.05) is 12.8 Å². The zero-order valence-electron chi connectivity index (χ0n) is 10.9. The zero-order valence-corrected chi connectivity index (χ0v) is 10.9. The Morgan fingerprint density at radius 1 is 1.12 bits per heavy atom. The summed E-state index contributed by atoms with van der Waals surface area (Å²) in [4.78, 5) is 4.91. The van der Waals surface area contributed by atoms with Crippen LogP contribution in [-0.2, 0) is 0 Å². The lowest BCUT2D eigenvalue weighted by molar-refractivity contribution is 0.576. The summed E-state index contributed by atoms with van der Waals surface area (Å²) < 4.78 is 2.28. The Morgan fingerprint density at radius 3 is 2.29 bits per heavy atom. The van der Waals surface area contributed by atoms with Crippen molar-refractivity contribution in [2.75, 3.05) is 5.73 Å². The van der Waals surface area contributed by atoms with Gasteiger partial charge >= 0.3 is 0 Å². The van der Waals surface area contributed by atoms with Crippen LogP contribution < -0.4 is 5.73 Å². The van der Waals surface area contributed by atoms with E-state index in [4.69, 9.17) is 10.7 Å². The first-order valence-electron chi connectivity index (χ1n) is 7.06. The summed E-state index contributed by atoms with van der Waals surface area (Å²) in [6.45, 7) is 4.42. The SMILES string of the molecule is CC(C)n1c(C2CC2)nc(C2CCCC2)c1N. The molecule has 0 radical (unpaired) electrons. The molecule has 3 nitrogen and oxygen atoms in total. The van der Waals surface area contributed by atoms with Crippen molar-refractivity contribution in [3.05, 3.63) is 11.5 Å². The first kappa shape index (κ1) is 11.1. The molecule has 0 aromatic carbocycles. The third kappa shape index (κ3) is 1.85. The summed E-state index contributed by atoms with van der Waals surface area (Å²) in [5.74, 6) is 3.54. The van der Waals surface area contributed by atoms with Crippen molar-refractivity contribution in [2.45, 2.75) is 70.3 Å². The molecular weight excluding hydrogens is 210 g/mol. The van der Waals surface area contributed by atoms with Crippen LogP contribution in [0.25, 0.3) is 0 Å². The number of nitrogens with zero attached hydrogens (tertiary/aromatic N) is 2. The van der Waals surface area contributed by atoms with Crippen LogP contribution >= 0.6 is 0 Å². The summed E-state index contributed by atoms with van der Waals surface area (Å²) in [5, 5.41) is 0. The van der Waals surface area contributed by atoms with Gasteiger partial charge in [-0.15, -0.1) is 0 Å². The van der Waals surface area contributed by atoms with E-state index in [1.165, 1.54) is 50.0 Å². The minimum Gasteiger partial charge on any atom is -0.384 e. The van der Waals surface area contributed by atoms with E-state index < -0.39 is 0 Å². The van der Waals surface area contributed by atoms with Crippen molar-refractivity contribution in [1.29, 1.82) is 0 Å². The Hall–Kier alpha value is -0.990. The highest BCUT2D eigenvalue weighted by molar-refractivity contribution is 5.43. The molecular formula is C14H23N3. The molecule has 2 aliphatic carbocycles. The molecule has 1 aromatic rings. The van der Waals surface area contributed by atoms with E-state index >= 15 is 0 Å². The fourth-order valence-electron chi connectivity index (χ4n) is 3.15. The van der Waals surface area contributed by atoms with Gasteiger partial charge in [-0.3, -0.25) is 0 Å². The Bertz CT molecular complexity index is 409. The number of imidazole rings is 1. The lowest BCUT2D eigenvalue weighted by Gasteiger charge is -2.14. The lowest BCUT2D eigenvalue weighted by Crippen LogP contribution is -2.09. The van der Waals surface area contributed by atoms with Crippen molar-refractivity contribution < 1.29 is 0 Å². The topological polar surface area (TPSA) is 43.8 Å². The van der Waals surface area contributed by atoms with E-state index in [1.807, 2.05) is 0 Å². The highest BCUT2D eigenvalue weighted by Gasteiger charge is 2.33. The van der Waals surface area contributed by atoms with Gasteiger partial charge in [-0.05, 0) is 39.5 Å². The molecule has 0 amide bonds. The molecule has 0 spiro atoms. The second kappa shape index (κ2) is 4.04. The van der Waals surface area contributed by atoms with Crippen LogP contribution in [0.3, 0.4) is 0 Å². The fraction of sp³-hybridized carbons (Fsp3) is 0.786. The van der Waals surface area contributed by atoms with Gasteiger partial charge in [-0.2, -0.15) is 0 Å². The number of nitrogen functional groups attached to an aromatic ring is 1. The number of hydrogen-bond donors (Lipinski definition) is 1. The van der Waals surface area contributed by atoms with Crippen molar-refractivity contribution in [3.8, 4) is 0 Å². The van der Waals surface area contributed by atoms with Crippen molar-refractivity contribution in [2.24, 2.45) is 0 Å². The zero-order chi connectivity index (χ0) is 12.0. The molecule has 2 saturated carbocycles. The largest absolute Gasteiger partial charge is 0.384 e. The van der Waals surface area contributed by atoms with E-state index in [0.29, 0.717) is 17.9 Å². The summed E-state index contributed by atoms with van der Waals surface area (Å²) in [6, 6.07) is 0.438. The first-order valence-corrected chi connectivity index (χ1v) is 7.06. The quantitative estimate of drug-likeness (QED) is 0.867. The third-order valence-electron chi connectivity index (χ3n) is 4.20. The summed E-state index contributed by atoms with van der Waals surface area (Å²) >= 11 is 0. The number of hydrogen-bond acceptors (Lipinski definition) is 2. The average Bonchev–Trinajstić information content (AvgIpc) is 2.87. The van der Waals surface area contributed by atoms with Gasteiger partial charge in [0.15, 0.2) is 0 Å². The van der Waals surface area contributed by atoms with Crippen LogP contribution in [0.4, 0.5) is 5.82 Å². The second-order valence-corrected chi connectivity index (χ2v) is 5.96. The number of rotatable bonds is 3. The summed E-state index contributed by atoms with van der Waals surface area (Å²) in [6.07, 6.45) is 7.85. The predicted molar refractivity (Wildman–Crippen MR) is 70.2 cm³/mol. The van der Waals surface area contributed by atoms with E-state index in [-0.39, 0.29) is 0 Å². The first-order chi connectivity index (χ1) is 8.18.